The van der Waals surface area contributed by atoms with Crippen molar-refractivity contribution in [3.8, 4) is 0 Å². The summed E-state index contributed by atoms with van der Waals surface area (Å²) in [5.41, 5.74) is 0.999. The van der Waals surface area contributed by atoms with E-state index in [0.29, 0.717) is 24.0 Å². The fourth-order valence-corrected chi connectivity index (χ4v) is 4.43. The van der Waals surface area contributed by atoms with E-state index in [0.717, 1.165) is 44.6 Å². The third kappa shape index (κ3) is 4.51. The van der Waals surface area contributed by atoms with Crippen LogP contribution in [-0.4, -0.2) is 54.0 Å². The van der Waals surface area contributed by atoms with Gasteiger partial charge in [-0.2, -0.15) is 0 Å². The molecule has 1 saturated heterocycles. The average molecular weight is 347 g/mol. The van der Waals surface area contributed by atoms with Crippen LogP contribution < -0.4 is 5.32 Å². The number of anilines is 1. The first-order valence-electron chi connectivity index (χ1n) is 9.54. The highest BCUT2D eigenvalue weighted by atomic mass is 19.1. The second kappa shape index (κ2) is 8.17. The van der Waals surface area contributed by atoms with Crippen molar-refractivity contribution < 1.29 is 9.18 Å². The Morgan fingerprint density at radius 2 is 1.80 bits per heavy atom. The molecule has 0 radical (unpaired) electrons. The Bertz CT molecular complexity index is 555. The number of nitrogens with zero attached hydrogens (tertiary/aromatic N) is 2. The Morgan fingerprint density at radius 1 is 1.12 bits per heavy atom. The highest BCUT2D eigenvalue weighted by Gasteiger charge is 2.36. The van der Waals surface area contributed by atoms with Crippen LogP contribution >= 0.6 is 0 Å². The molecule has 1 unspecified atom stereocenters. The van der Waals surface area contributed by atoms with Crippen molar-refractivity contribution in [2.24, 2.45) is 5.92 Å². The van der Waals surface area contributed by atoms with Gasteiger partial charge in [-0.1, -0.05) is 0 Å². The van der Waals surface area contributed by atoms with Gasteiger partial charge >= 0.3 is 0 Å². The van der Waals surface area contributed by atoms with Crippen LogP contribution in [0, 0.1) is 11.7 Å². The Kier molecular flexibility index (Phi) is 5.94. The zero-order valence-corrected chi connectivity index (χ0v) is 15.3. The molecule has 0 bridgehead atoms. The molecule has 2 aliphatic rings. The van der Waals surface area contributed by atoms with Crippen molar-refractivity contribution in [3.63, 3.8) is 0 Å². The van der Waals surface area contributed by atoms with Gasteiger partial charge in [0, 0.05) is 43.4 Å². The molecular formula is C20H30FN3O. The summed E-state index contributed by atoms with van der Waals surface area (Å²) in [6.45, 7) is 7.20. The molecule has 138 valence electrons. The minimum Gasteiger partial charge on any atom is -0.382 e. The molecule has 1 aromatic rings. The van der Waals surface area contributed by atoms with Gasteiger partial charge in [0.25, 0.3) is 0 Å². The van der Waals surface area contributed by atoms with Crippen molar-refractivity contribution >= 4 is 12.1 Å². The lowest BCUT2D eigenvalue weighted by Crippen LogP contribution is -2.58. The predicted molar refractivity (Wildman–Crippen MR) is 99.0 cm³/mol. The Balaban J connectivity index is 1.56. The molecule has 2 fully saturated rings. The second-order valence-electron chi connectivity index (χ2n) is 7.76. The maximum atomic E-state index is 13.0. The number of piperazine rings is 1. The van der Waals surface area contributed by atoms with Crippen LogP contribution in [0.3, 0.4) is 0 Å². The van der Waals surface area contributed by atoms with Crippen molar-refractivity contribution in [3.05, 3.63) is 30.1 Å². The van der Waals surface area contributed by atoms with E-state index in [9.17, 15) is 9.18 Å². The lowest BCUT2D eigenvalue weighted by molar-refractivity contribution is -0.122. The highest BCUT2D eigenvalue weighted by Crippen LogP contribution is 2.33. The largest absolute Gasteiger partial charge is 0.382 e. The van der Waals surface area contributed by atoms with E-state index in [4.69, 9.17) is 0 Å². The standard InChI is InChI=1S/C20H30FN3O/c1-15(2)24-12-11-23(14-25)13-20(24)16-3-7-18(8-4-16)22-19-9-5-17(21)6-10-19/h5-6,9-10,14-16,18,20,22H,3-4,7-8,11-13H2,1-2H3. The molecule has 1 heterocycles. The maximum absolute atomic E-state index is 13.0. The third-order valence-corrected chi connectivity index (χ3v) is 5.84. The summed E-state index contributed by atoms with van der Waals surface area (Å²) in [5.74, 6) is 0.455. The second-order valence-corrected chi connectivity index (χ2v) is 7.76. The van der Waals surface area contributed by atoms with Gasteiger partial charge in [0.1, 0.15) is 5.82 Å². The molecular weight excluding hydrogens is 317 g/mol. The number of benzene rings is 1. The SMILES string of the molecule is CC(C)N1CCN(C=O)CC1C1CCC(Nc2ccc(F)cc2)CC1. The van der Waals surface area contributed by atoms with E-state index in [1.807, 2.05) is 17.0 Å². The summed E-state index contributed by atoms with van der Waals surface area (Å²) in [5, 5.41) is 3.54. The smallest absolute Gasteiger partial charge is 0.209 e. The quantitative estimate of drug-likeness (QED) is 0.830. The van der Waals surface area contributed by atoms with Crippen molar-refractivity contribution in [2.45, 2.75) is 57.7 Å². The fourth-order valence-electron chi connectivity index (χ4n) is 4.43. The molecule has 1 N–H and O–H groups in total. The van der Waals surface area contributed by atoms with Crippen LogP contribution in [0.2, 0.25) is 0 Å². The van der Waals surface area contributed by atoms with E-state index < -0.39 is 0 Å². The van der Waals surface area contributed by atoms with E-state index in [1.54, 1.807) is 0 Å². The normalized spacial score (nSPS) is 28.2. The predicted octanol–water partition coefficient (Wildman–Crippen LogP) is 3.35. The van der Waals surface area contributed by atoms with Crippen LogP contribution in [0.1, 0.15) is 39.5 Å². The zero-order valence-electron chi connectivity index (χ0n) is 15.3. The number of halogens is 1. The molecule has 1 amide bonds. The summed E-state index contributed by atoms with van der Waals surface area (Å²) in [7, 11) is 0. The minimum atomic E-state index is -0.194. The molecule has 1 aromatic carbocycles. The fraction of sp³-hybridized carbons (Fsp3) is 0.650. The van der Waals surface area contributed by atoms with Crippen LogP contribution in [0.25, 0.3) is 0 Å². The van der Waals surface area contributed by atoms with Gasteiger partial charge in [0.05, 0.1) is 0 Å². The van der Waals surface area contributed by atoms with E-state index in [-0.39, 0.29) is 5.82 Å². The van der Waals surface area contributed by atoms with E-state index >= 15 is 0 Å². The van der Waals surface area contributed by atoms with Crippen LogP contribution in [-0.2, 0) is 4.79 Å². The molecule has 1 aliphatic heterocycles. The lowest BCUT2D eigenvalue weighted by Gasteiger charge is -2.47. The zero-order chi connectivity index (χ0) is 17.8. The first-order valence-corrected chi connectivity index (χ1v) is 9.54. The highest BCUT2D eigenvalue weighted by molar-refractivity contribution is 5.47. The van der Waals surface area contributed by atoms with E-state index in [2.05, 4.69) is 24.1 Å². The summed E-state index contributed by atoms with van der Waals surface area (Å²) >= 11 is 0. The van der Waals surface area contributed by atoms with Crippen LogP contribution in [0.4, 0.5) is 10.1 Å². The Labute approximate surface area is 150 Å². The first kappa shape index (κ1) is 18.2. The average Bonchev–Trinajstić information content (AvgIpc) is 2.63. The molecule has 0 aromatic heterocycles. The molecule has 25 heavy (non-hydrogen) atoms. The van der Waals surface area contributed by atoms with Crippen molar-refractivity contribution in [1.29, 1.82) is 0 Å². The van der Waals surface area contributed by atoms with Gasteiger partial charge in [-0.05, 0) is 69.7 Å². The summed E-state index contributed by atoms with van der Waals surface area (Å²) < 4.78 is 13.0. The van der Waals surface area contributed by atoms with Crippen molar-refractivity contribution in [2.75, 3.05) is 25.0 Å². The van der Waals surface area contributed by atoms with Crippen molar-refractivity contribution in [1.82, 2.24) is 9.80 Å². The van der Waals surface area contributed by atoms with Gasteiger partial charge in [0.15, 0.2) is 0 Å². The van der Waals surface area contributed by atoms with Gasteiger partial charge in [-0.15, -0.1) is 0 Å². The molecule has 1 atom stereocenters. The number of carbonyl (C=O) groups is 1. The molecule has 1 saturated carbocycles. The Morgan fingerprint density at radius 3 is 2.40 bits per heavy atom. The van der Waals surface area contributed by atoms with Gasteiger partial charge in [0.2, 0.25) is 6.41 Å². The Hall–Kier alpha value is -1.62. The first-order chi connectivity index (χ1) is 12.1. The van der Waals surface area contributed by atoms with Gasteiger partial charge in [-0.3, -0.25) is 9.69 Å². The molecule has 4 nitrogen and oxygen atoms in total. The topological polar surface area (TPSA) is 35.6 Å². The third-order valence-electron chi connectivity index (χ3n) is 5.84. The number of hydrogen-bond acceptors (Lipinski definition) is 3. The molecule has 3 rings (SSSR count). The van der Waals surface area contributed by atoms with Gasteiger partial charge in [-0.25, -0.2) is 4.39 Å². The molecule has 5 heteroatoms. The van der Waals surface area contributed by atoms with Gasteiger partial charge < -0.3 is 10.2 Å². The number of rotatable bonds is 5. The summed E-state index contributed by atoms with van der Waals surface area (Å²) in [6.07, 6.45) is 5.63. The lowest BCUT2D eigenvalue weighted by atomic mass is 9.79. The maximum Gasteiger partial charge on any atom is 0.209 e. The van der Waals surface area contributed by atoms with Crippen LogP contribution in [0.5, 0.6) is 0 Å². The number of hydrogen-bond donors (Lipinski definition) is 1. The minimum absolute atomic E-state index is 0.194. The van der Waals surface area contributed by atoms with E-state index in [1.165, 1.54) is 25.0 Å². The molecule has 0 spiro atoms. The molecule has 1 aliphatic carbocycles. The number of nitrogens with one attached hydrogen (secondary N) is 1. The summed E-state index contributed by atoms with van der Waals surface area (Å²) in [4.78, 5) is 15.7. The summed E-state index contributed by atoms with van der Waals surface area (Å²) in [6, 6.07) is 8.09. The number of amides is 1. The van der Waals surface area contributed by atoms with Crippen LogP contribution in [0.15, 0.2) is 24.3 Å². The number of carbonyl (C=O) groups excluding carboxylic acids is 1. The monoisotopic (exact) mass is 347 g/mol.